The van der Waals surface area contributed by atoms with Crippen LogP contribution in [0.3, 0.4) is 0 Å². The Morgan fingerprint density at radius 2 is 2.24 bits per heavy atom. The van der Waals surface area contributed by atoms with Crippen LogP contribution in [0.1, 0.15) is 25.5 Å². The fourth-order valence-electron chi connectivity index (χ4n) is 2.55. The number of rotatable bonds is 5. The zero-order valence-corrected chi connectivity index (χ0v) is 15.2. The lowest BCUT2D eigenvalue weighted by atomic mass is 10.1. The van der Waals surface area contributed by atoms with Gasteiger partial charge in [0.2, 0.25) is 5.91 Å². The first-order valence-electron chi connectivity index (χ1n) is 7.98. The molecule has 0 saturated carbocycles. The molecule has 2 N–H and O–H groups in total. The Labute approximate surface area is 155 Å². The molecule has 0 saturated heterocycles. The zero-order valence-electron chi connectivity index (χ0n) is 13.7. The van der Waals surface area contributed by atoms with Crippen LogP contribution in [-0.2, 0) is 11.2 Å². The van der Waals surface area contributed by atoms with Crippen molar-refractivity contribution >= 4 is 40.6 Å². The van der Waals surface area contributed by atoms with E-state index in [0.717, 1.165) is 11.4 Å². The molecule has 2 heterocycles. The number of nitrogens with zero attached hydrogens (tertiary/aromatic N) is 4. The molecule has 1 aromatic heterocycles. The normalized spacial score (nSPS) is 16.8. The number of H-pyrrole nitrogens is 1. The number of carbonyl (C=O) groups is 1. The van der Waals surface area contributed by atoms with Crippen molar-refractivity contribution in [2.75, 3.05) is 11.6 Å². The fraction of sp³-hybridized carbons (Fsp3) is 0.375. The number of halogens is 2. The Balaban J connectivity index is 1.55. The maximum atomic E-state index is 12.1. The van der Waals surface area contributed by atoms with E-state index in [1.165, 1.54) is 0 Å². The minimum Gasteiger partial charge on any atom is -0.312 e. The average molecular weight is 381 g/mol. The predicted molar refractivity (Wildman–Crippen MR) is 97.9 cm³/mol. The molecule has 9 heteroatoms. The summed E-state index contributed by atoms with van der Waals surface area (Å²) in [4.78, 5) is 12.1. The van der Waals surface area contributed by atoms with Crippen LogP contribution in [0, 0.1) is 5.92 Å². The molecular weight excluding hydrogens is 363 g/mol. The molecule has 132 valence electrons. The summed E-state index contributed by atoms with van der Waals surface area (Å²) in [6.45, 7) is 2.69. The molecule has 0 aliphatic carbocycles. The smallest absolute Gasteiger partial charge is 0.225 e. The van der Waals surface area contributed by atoms with Crippen molar-refractivity contribution < 1.29 is 4.79 Å². The SMILES string of the molecule is C[C@H]1CN(c2ccc(Cl)c(Cl)c2)N=C1NC(=O)CCCc1cn[nH]n1. The van der Waals surface area contributed by atoms with E-state index in [9.17, 15) is 4.79 Å². The molecule has 0 spiro atoms. The molecule has 1 amide bonds. The van der Waals surface area contributed by atoms with Gasteiger partial charge < -0.3 is 5.32 Å². The molecule has 1 aromatic carbocycles. The van der Waals surface area contributed by atoms with Gasteiger partial charge in [0, 0.05) is 12.3 Å². The number of aromatic amines is 1. The van der Waals surface area contributed by atoms with Crippen LogP contribution in [0.4, 0.5) is 5.69 Å². The number of hydrogen-bond donors (Lipinski definition) is 2. The summed E-state index contributed by atoms with van der Waals surface area (Å²) in [5.74, 6) is 0.733. The van der Waals surface area contributed by atoms with Crippen LogP contribution >= 0.6 is 23.2 Å². The lowest BCUT2D eigenvalue weighted by Crippen LogP contribution is -2.33. The van der Waals surface area contributed by atoms with E-state index in [0.29, 0.717) is 41.7 Å². The van der Waals surface area contributed by atoms with Crippen LogP contribution in [0.25, 0.3) is 0 Å². The molecule has 0 radical (unpaired) electrons. The molecule has 7 nitrogen and oxygen atoms in total. The highest BCUT2D eigenvalue weighted by molar-refractivity contribution is 6.42. The minimum atomic E-state index is -0.0508. The highest BCUT2D eigenvalue weighted by Gasteiger charge is 2.25. The van der Waals surface area contributed by atoms with Gasteiger partial charge in [-0.25, -0.2) is 0 Å². The van der Waals surface area contributed by atoms with Crippen molar-refractivity contribution in [3.8, 4) is 0 Å². The number of aryl methyl sites for hydroxylation is 1. The summed E-state index contributed by atoms with van der Waals surface area (Å²) >= 11 is 12.0. The molecule has 1 atom stereocenters. The molecular formula is C16H18Cl2N6O. The molecule has 25 heavy (non-hydrogen) atoms. The molecule has 2 aromatic rings. The van der Waals surface area contributed by atoms with E-state index in [2.05, 4.69) is 25.8 Å². The fourth-order valence-corrected chi connectivity index (χ4v) is 2.85. The van der Waals surface area contributed by atoms with Gasteiger partial charge in [-0.1, -0.05) is 30.1 Å². The van der Waals surface area contributed by atoms with Gasteiger partial charge >= 0.3 is 0 Å². The predicted octanol–water partition coefficient (Wildman–Crippen LogP) is 3.02. The van der Waals surface area contributed by atoms with E-state index in [4.69, 9.17) is 23.2 Å². The second kappa shape index (κ2) is 7.84. The first-order chi connectivity index (χ1) is 12.0. The van der Waals surface area contributed by atoms with E-state index in [-0.39, 0.29) is 11.8 Å². The third-order valence-corrected chi connectivity index (χ3v) is 4.65. The van der Waals surface area contributed by atoms with Gasteiger partial charge in [0.05, 0.1) is 34.2 Å². The number of aromatic nitrogens is 3. The van der Waals surface area contributed by atoms with Gasteiger partial charge in [-0.15, -0.1) is 0 Å². The first-order valence-corrected chi connectivity index (χ1v) is 8.74. The maximum Gasteiger partial charge on any atom is 0.225 e. The quantitative estimate of drug-likeness (QED) is 0.834. The molecule has 3 rings (SSSR count). The summed E-state index contributed by atoms with van der Waals surface area (Å²) in [7, 11) is 0. The van der Waals surface area contributed by atoms with E-state index >= 15 is 0 Å². The van der Waals surface area contributed by atoms with Crippen LogP contribution in [0.15, 0.2) is 29.5 Å². The number of benzene rings is 1. The first kappa shape index (κ1) is 17.7. The van der Waals surface area contributed by atoms with E-state index < -0.39 is 0 Å². The van der Waals surface area contributed by atoms with Crippen molar-refractivity contribution in [1.29, 1.82) is 0 Å². The van der Waals surface area contributed by atoms with Gasteiger partial charge in [0.1, 0.15) is 5.84 Å². The third kappa shape index (κ3) is 4.49. The lowest BCUT2D eigenvalue weighted by molar-refractivity contribution is -0.119. The summed E-state index contributed by atoms with van der Waals surface area (Å²) in [6, 6.07) is 5.36. The number of hydrazone groups is 1. The van der Waals surface area contributed by atoms with E-state index in [1.807, 2.05) is 18.0 Å². The van der Waals surface area contributed by atoms with Crippen LogP contribution in [0.5, 0.6) is 0 Å². The number of hydrogen-bond acceptors (Lipinski definition) is 5. The van der Waals surface area contributed by atoms with Crippen LogP contribution < -0.4 is 10.3 Å². The largest absolute Gasteiger partial charge is 0.312 e. The summed E-state index contributed by atoms with van der Waals surface area (Å²) < 4.78 is 0. The highest BCUT2D eigenvalue weighted by atomic mass is 35.5. The number of carbonyl (C=O) groups excluding carboxylic acids is 1. The van der Waals surface area contributed by atoms with Crippen molar-refractivity contribution in [2.45, 2.75) is 26.2 Å². The van der Waals surface area contributed by atoms with Gasteiger partial charge in [-0.05, 0) is 31.0 Å². The van der Waals surface area contributed by atoms with Crippen LogP contribution in [-0.4, -0.2) is 33.7 Å². The van der Waals surface area contributed by atoms with Crippen molar-refractivity contribution in [3.63, 3.8) is 0 Å². The number of nitrogens with one attached hydrogen (secondary N) is 2. The number of amides is 1. The zero-order chi connectivity index (χ0) is 17.8. The van der Waals surface area contributed by atoms with Gasteiger partial charge in [-0.2, -0.15) is 20.5 Å². The third-order valence-electron chi connectivity index (χ3n) is 3.91. The molecule has 1 aliphatic rings. The summed E-state index contributed by atoms with van der Waals surface area (Å²) in [5, 5.41) is 20.5. The lowest BCUT2D eigenvalue weighted by Gasteiger charge is -2.14. The topological polar surface area (TPSA) is 86.3 Å². The average Bonchev–Trinajstić information content (AvgIpc) is 3.21. The Morgan fingerprint density at radius 3 is 2.96 bits per heavy atom. The van der Waals surface area contributed by atoms with Crippen molar-refractivity contribution in [3.05, 3.63) is 40.1 Å². The Bertz CT molecular complexity index is 777. The van der Waals surface area contributed by atoms with Gasteiger partial charge in [0.15, 0.2) is 0 Å². The summed E-state index contributed by atoms with van der Waals surface area (Å²) in [6.07, 6.45) is 3.49. The molecule has 0 unspecified atom stereocenters. The Hall–Kier alpha value is -2.12. The second-order valence-corrected chi connectivity index (χ2v) is 6.74. The Morgan fingerprint density at radius 1 is 1.40 bits per heavy atom. The molecule has 1 aliphatic heterocycles. The van der Waals surface area contributed by atoms with Gasteiger partial charge in [-0.3, -0.25) is 9.80 Å². The van der Waals surface area contributed by atoms with Gasteiger partial charge in [0.25, 0.3) is 0 Å². The van der Waals surface area contributed by atoms with E-state index in [1.54, 1.807) is 18.3 Å². The second-order valence-electron chi connectivity index (χ2n) is 5.93. The Kier molecular flexibility index (Phi) is 5.55. The highest BCUT2D eigenvalue weighted by Crippen LogP contribution is 2.29. The van der Waals surface area contributed by atoms with Crippen LogP contribution in [0.2, 0.25) is 10.0 Å². The monoisotopic (exact) mass is 380 g/mol. The molecule has 0 bridgehead atoms. The minimum absolute atomic E-state index is 0.0508. The maximum absolute atomic E-state index is 12.1. The molecule has 0 fully saturated rings. The number of amidine groups is 1. The van der Waals surface area contributed by atoms with Crippen molar-refractivity contribution in [1.82, 2.24) is 20.7 Å². The number of anilines is 1. The summed E-state index contributed by atoms with van der Waals surface area (Å²) in [5.41, 5.74) is 1.70. The standard InChI is InChI=1S/C16H18Cl2N6O/c1-10-9-24(12-5-6-13(17)14(18)7-12)22-16(10)20-15(25)4-2-3-11-8-19-23-21-11/h5-8,10H,2-4,9H2,1H3,(H,19,21,23)(H,20,22,25)/t10-/m0/s1. The van der Waals surface area contributed by atoms with Crippen molar-refractivity contribution in [2.24, 2.45) is 11.0 Å².